The van der Waals surface area contributed by atoms with Crippen LogP contribution in [0.5, 0.6) is 5.75 Å². The quantitative estimate of drug-likeness (QED) is 0.0817. The number of phenols is 1. The number of hydrogen-bond donors (Lipinski definition) is 5. The maximum atomic E-state index is 14.2. The molecule has 4 aromatic carbocycles. The molecule has 0 fully saturated rings. The number of amides is 2. The van der Waals surface area contributed by atoms with E-state index in [1.807, 2.05) is 48.5 Å². The van der Waals surface area contributed by atoms with Crippen LogP contribution in [0, 0.1) is 0 Å². The molecule has 7 N–H and O–H groups in total. The summed E-state index contributed by atoms with van der Waals surface area (Å²) in [6.45, 7) is -0.246. The first-order valence-electron chi connectivity index (χ1n) is 14.6. The molecule has 45 heavy (non-hydrogen) atoms. The van der Waals surface area contributed by atoms with E-state index in [4.69, 9.17) is 11.5 Å². The van der Waals surface area contributed by atoms with E-state index in [0.29, 0.717) is 17.5 Å². The number of phenolic OH excluding ortho intramolecular Hbond substituents is 1. The average molecular weight is 608 g/mol. The molecule has 0 aliphatic heterocycles. The van der Waals surface area contributed by atoms with Gasteiger partial charge in [0, 0.05) is 13.1 Å². The van der Waals surface area contributed by atoms with Crippen LogP contribution in [0.15, 0.2) is 114 Å². The van der Waals surface area contributed by atoms with Gasteiger partial charge in [0.15, 0.2) is 5.96 Å². The minimum absolute atomic E-state index is 0.0733. The van der Waals surface area contributed by atoms with E-state index in [0.717, 1.165) is 21.6 Å². The first-order valence-corrected chi connectivity index (χ1v) is 14.6. The predicted molar refractivity (Wildman–Crippen MR) is 173 cm³/mol. The van der Waals surface area contributed by atoms with E-state index >= 15 is 0 Å². The van der Waals surface area contributed by atoms with Crippen molar-refractivity contribution < 1.29 is 24.6 Å². The predicted octanol–water partition coefficient (Wildman–Crippen LogP) is 3.84. The summed E-state index contributed by atoms with van der Waals surface area (Å²) in [6.07, 6.45) is 0.670. The molecular weight excluding hydrogens is 570 g/mol. The van der Waals surface area contributed by atoms with Gasteiger partial charge >= 0.3 is 5.97 Å². The molecule has 2 amide bonds. The van der Waals surface area contributed by atoms with Crippen molar-refractivity contribution in [2.24, 2.45) is 16.5 Å². The van der Waals surface area contributed by atoms with Gasteiger partial charge in [-0.2, -0.15) is 0 Å². The maximum absolute atomic E-state index is 14.2. The standard InChI is InChI=1S/C35H37N5O5/c36-35(37)38-21-7-12-30(39-22-24-13-15-25(16-14-24)26-17-19-29(41)20-18-26)33(44)40(23-31(42)43)34(45)32(27-8-3-1-4-9-27)28-10-5-2-6-11-28/h1-6,8-11,13-20,30,32,39,41H,7,12,21-23H2,(H,42,43)(H4,36,37,38)/t30-/m0/s1. The number of carbonyl (C=O) groups is 3. The van der Waals surface area contributed by atoms with Crippen LogP contribution >= 0.6 is 0 Å². The van der Waals surface area contributed by atoms with E-state index < -0.39 is 36.3 Å². The number of carboxylic acid groups (broad SMARTS) is 1. The third kappa shape index (κ3) is 9.25. The molecule has 1 atom stereocenters. The van der Waals surface area contributed by atoms with Crippen molar-refractivity contribution in [1.82, 2.24) is 10.2 Å². The molecule has 10 nitrogen and oxygen atoms in total. The van der Waals surface area contributed by atoms with E-state index in [1.54, 1.807) is 60.7 Å². The second-order valence-electron chi connectivity index (χ2n) is 10.5. The van der Waals surface area contributed by atoms with Crippen LogP contribution in [0.4, 0.5) is 0 Å². The number of benzene rings is 4. The largest absolute Gasteiger partial charge is 0.508 e. The second kappa shape index (κ2) is 15.8. The zero-order valence-corrected chi connectivity index (χ0v) is 24.8. The van der Waals surface area contributed by atoms with E-state index in [2.05, 4.69) is 10.3 Å². The molecule has 4 rings (SSSR count). The number of nitrogens with two attached hydrogens (primary N) is 2. The molecule has 0 aliphatic rings. The molecule has 0 aromatic heterocycles. The summed E-state index contributed by atoms with van der Waals surface area (Å²) in [5, 5.41) is 22.6. The normalized spacial score (nSPS) is 11.5. The number of nitrogens with one attached hydrogen (secondary N) is 1. The van der Waals surface area contributed by atoms with Gasteiger partial charge in [-0.1, -0.05) is 97.1 Å². The van der Waals surface area contributed by atoms with Crippen LogP contribution in [0.2, 0.25) is 0 Å². The molecule has 10 heteroatoms. The Morgan fingerprint density at radius 1 is 0.756 bits per heavy atom. The molecule has 232 valence electrons. The smallest absolute Gasteiger partial charge is 0.323 e. The lowest BCUT2D eigenvalue weighted by molar-refractivity contribution is -0.154. The summed E-state index contributed by atoms with van der Waals surface area (Å²) < 4.78 is 0. The summed E-state index contributed by atoms with van der Waals surface area (Å²) in [5.74, 6) is -3.36. The monoisotopic (exact) mass is 607 g/mol. The first-order chi connectivity index (χ1) is 21.7. The SMILES string of the molecule is NC(N)=NCCC[C@H](NCc1ccc(-c2ccc(O)cc2)cc1)C(=O)N(CC(=O)O)C(=O)C(c1ccccc1)c1ccccc1. The van der Waals surface area contributed by atoms with Crippen LogP contribution < -0.4 is 16.8 Å². The summed E-state index contributed by atoms with van der Waals surface area (Å²) >= 11 is 0. The van der Waals surface area contributed by atoms with Gasteiger partial charge in [0.05, 0.1) is 12.0 Å². The van der Waals surface area contributed by atoms with Crippen molar-refractivity contribution in [3.05, 3.63) is 126 Å². The minimum atomic E-state index is -1.30. The Hall–Kier alpha value is -5.48. The number of rotatable bonds is 14. The lowest BCUT2D eigenvalue weighted by Crippen LogP contribution is -2.52. The summed E-state index contributed by atoms with van der Waals surface area (Å²) in [4.78, 5) is 45.1. The Morgan fingerprint density at radius 2 is 1.29 bits per heavy atom. The highest BCUT2D eigenvalue weighted by Gasteiger charge is 2.35. The topological polar surface area (TPSA) is 171 Å². The van der Waals surface area contributed by atoms with Gasteiger partial charge in [-0.15, -0.1) is 0 Å². The van der Waals surface area contributed by atoms with Gasteiger partial charge < -0.3 is 27.0 Å². The molecule has 0 heterocycles. The molecule has 0 aliphatic carbocycles. The Labute approximate surface area is 262 Å². The highest BCUT2D eigenvalue weighted by molar-refractivity contribution is 6.04. The van der Waals surface area contributed by atoms with Crippen molar-refractivity contribution in [2.45, 2.75) is 31.3 Å². The molecule has 0 spiro atoms. The number of carbonyl (C=O) groups excluding carboxylic acids is 2. The molecular formula is C35H37N5O5. The number of nitrogens with zero attached hydrogens (tertiary/aromatic N) is 2. The fraction of sp³-hybridized carbons (Fsp3) is 0.200. The Balaban J connectivity index is 1.59. The Morgan fingerprint density at radius 3 is 1.80 bits per heavy atom. The maximum Gasteiger partial charge on any atom is 0.323 e. The minimum Gasteiger partial charge on any atom is -0.508 e. The van der Waals surface area contributed by atoms with Gasteiger partial charge in [0.25, 0.3) is 0 Å². The Bertz CT molecular complexity index is 1550. The van der Waals surface area contributed by atoms with Gasteiger partial charge in [-0.3, -0.25) is 24.3 Å². The molecule has 0 radical (unpaired) electrons. The van der Waals surface area contributed by atoms with Crippen molar-refractivity contribution in [1.29, 1.82) is 0 Å². The van der Waals surface area contributed by atoms with Crippen molar-refractivity contribution in [3.8, 4) is 16.9 Å². The van der Waals surface area contributed by atoms with E-state index in [-0.39, 0.29) is 31.2 Å². The molecule has 0 saturated carbocycles. The van der Waals surface area contributed by atoms with Crippen LogP contribution in [0.3, 0.4) is 0 Å². The van der Waals surface area contributed by atoms with Crippen molar-refractivity contribution in [2.75, 3.05) is 13.1 Å². The van der Waals surface area contributed by atoms with Gasteiger partial charge in [0.1, 0.15) is 12.3 Å². The number of hydrogen-bond acceptors (Lipinski definition) is 6. The molecule has 0 saturated heterocycles. The lowest BCUT2D eigenvalue weighted by Gasteiger charge is -2.29. The van der Waals surface area contributed by atoms with Crippen molar-refractivity contribution in [3.63, 3.8) is 0 Å². The highest BCUT2D eigenvalue weighted by Crippen LogP contribution is 2.28. The van der Waals surface area contributed by atoms with Crippen LogP contribution in [0.1, 0.15) is 35.4 Å². The second-order valence-corrected chi connectivity index (χ2v) is 10.5. The van der Waals surface area contributed by atoms with Gasteiger partial charge in [0.2, 0.25) is 11.8 Å². The third-order valence-electron chi connectivity index (χ3n) is 7.29. The number of aliphatic imine (C=N–C) groups is 1. The number of guanidine groups is 1. The molecule has 0 bridgehead atoms. The lowest BCUT2D eigenvalue weighted by atomic mass is 9.89. The molecule has 0 unspecified atom stereocenters. The number of aromatic hydroxyl groups is 1. The van der Waals surface area contributed by atoms with Gasteiger partial charge in [-0.05, 0) is 52.8 Å². The van der Waals surface area contributed by atoms with Crippen LogP contribution in [-0.4, -0.2) is 58.0 Å². The number of aliphatic carboxylic acids is 1. The van der Waals surface area contributed by atoms with Gasteiger partial charge in [-0.25, -0.2) is 0 Å². The fourth-order valence-corrected chi connectivity index (χ4v) is 5.04. The summed E-state index contributed by atoms with van der Waals surface area (Å²) in [6, 6.07) is 31.6. The summed E-state index contributed by atoms with van der Waals surface area (Å²) in [7, 11) is 0. The average Bonchev–Trinajstić information content (AvgIpc) is 3.04. The summed E-state index contributed by atoms with van der Waals surface area (Å²) in [5.41, 5.74) is 15.0. The van der Waals surface area contributed by atoms with Crippen LogP contribution in [0.25, 0.3) is 11.1 Å². The number of imide groups is 1. The number of carboxylic acids is 1. The highest BCUT2D eigenvalue weighted by atomic mass is 16.4. The van der Waals surface area contributed by atoms with Crippen LogP contribution in [-0.2, 0) is 20.9 Å². The van der Waals surface area contributed by atoms with Crippen molar-refractivity contribution >= 4 is 23.7 Å². The molecule has 4 aromatic rings. The van der Waals surface area contributed by atoms with E-state index in [1.165, 1.54) is 0 Å². The third-order valence-corrected chi connectivity index (χ3v) is 7.29. The zero-order chi connectivity index (χ0) is 32.2. The van der Waals surface area contributed by atoms with E-state index in [9.17, 15) is 24.6 Å². The fourth-order valence-electron chi connectivity index (χ4n) is 5.04. The zero-order valence-electron chi connectivity index (χ0n) is 24.8. The first kappa shape index (κ1) is 32.4. The Kier molecular flexibility index (Phi) is 11.4.